The molecular formula is C18H18N4O3S. The predicted molar refractivity (Wildman–Crippen MR) is 99.4 cm³/mol. The van der Waals surface area contributed by atoms with Crippen LogP contribution in [0, 0.1) is 6.92 Å². The van der Waals surface area contributed by atoms with E-state index in [0.717, 1.165) is 17.0 Å². The van der Waals surface area contributed by atoms with Gasteiger partial charge in [-0.2, -0.15) is 5.10 Å². The Morgan fingerprint density at radius 1 is 1.08 bits per heavy atom. The van der Waals surface area contributed by atoms with Crippen LogP contribution in [0.2, 0.25) is 0 Å². The highest BCUT2D eigenvalue weighted by Crippen LogP contribution is 2.26. The Kier molecular flexibility index (Phi) is 4.62. The number of carbonyl (C=O) groups is 1. The number of hydrogen-bond donors (Lipinski definition) is 2. The summed E-state index contributed by atoms with van der Waals surface area (Å²) in [7, 11) is -3.74. The van der Waals surface area contributed by atoms with Crippen molar-refractivity contribution in [2.45, 2.75) is 18.7 Å². The zero-order valence-electron chi connectivity index (χ0n) is 14.3. The first-order valence-electron chi connectivity index (χ1n) is 7.82. The zero-order chi connectivity index (χ0) is 18.9. The van der Waals surface area contributed by atoms with Crippen LogP contribution in [0.4, 0.5) is 5.69 Å². The van der Waals surface area contributed by atoms with Gasteiger partial charge in [0, 0.05) is 18.2 Å². The number of nitrogens with zero attached hydrogens (tertiary/aromatic N) is 2. The number of nitrogens with one attached hydrogen (secondary N) is 1. The Hall–Kier alpha value is -2.97. The smallest absolute Gasteiger partial charge is 0.238 e. The third-order valence-electron chi connectivity index (χ3n) is 3.74. The van der Waals surface area contributed by atoms with Gasteiger partial charge in [-0.05, 0) is 49.4 Å². The van der Waals surface area contributed by atoms with Gasteiger partial charge in [-0.15, -0.1) is 0 Å². The van der Waals surface area contributed by atoms with Crippen molar-refractivity contribution in [3.8, 4) is 16.9 Å². The fourth-order valence-electron chi connectivity index (χ4n) is 2.61. The fourth-order valence-corrected chi connectivity index (χ4v) is 3.12. The largest absolute Gasteiger partial charge is 0.326 e. The highest BCUT2D eigenvalue weighted by molar-refractivity contribution is 7.89. The molecule has 0 saturated carbocycles. The fraction of sp³-hybridized carbons (Fsp3) is 0.111. The number of sulfonamides is 1. The third kappa shape index (κ3) is 3.81. The van der Waals surface area contributed by atoms with E-state index in [1.807, 2.05) is 37.3 Å². The van der Waals surface area contributed by atoms with Crippen LogP contribution in [-0.2, 0) is 14.8 Å². The molecular weight excluding hydrogens is 352 g/mol. The van der Waals surface area contributed by atoms with Gasteiger partial charge < -0.3 is 5.32 Å². The van der Waals surface area contributed by atoms with E-state index in [-0.39, 0.29) is 10.8 Å². The summed E-state index contributed by atoms with van der Waals surface area (Å²) in [5.41, 5.74) is 4.00. The maximum Gasteiger partial charge on any atom is 0.238 e. The number of amides is 1. The molecule has 3 rings (SSSR count). The van der Waals surface area contributed by atoms with Crippen molar-refractivity contribution in [3.05, 3.63) is 60.3 Å². The van der Waals surface area contributed by atoms with Crippen molar-refractivity contribution < 1.29 is 13.2 Å². The molecule has 0 aliphatic rings. The minimum Gasteiger partial charge on any atom is -0.326 e. The number of rotatable bonds is 4. The van der Waals surface area contributed by atoms with E-state index in [0.29, 0.717) is 11.4 Å². The molecule has 0 radical (unpaired) electrons. The molecule has 0 saturated heterocycles. The highest BCUT2D eigenvalue weighted by atomic mass is 32.2. The first kappa shape index (κ1) is 17.8. The van der Waals surface area contributed by atoms with Gasteiger partial charge in [-0.25, -0.2) is 18.2 Å². The summed E-state index contributed by atoms with van der Waals surface area (Å²) in [5, 5.41) is 12.4. The van der Waals surface area contributed by atoms with Gasteiger partial charge in [0.05, 0.1) is 22.0 Å². The van der Waals surface area contributed by atoms with Gasteiger partial charge in [-0.3, -0.25) is 4.79 Å². The molecule has 0 unspecified atom stereocenters. The Bertz CT molecular complexity index is 1050. The van der Waals surface area contributed by atoms with Gasteiger partial charge in [0.25, 0.3) is 0 Å². The summed E-state index contributed by atoms with van der Waals surface area (Å²) in [6.07, 6.45) is 0. The van der Waals surface area contributed by atoms with E-state index in [4.69, 9.17) is 5.14 Å². The standard InChI is InChI=1S/C18H18N4O3S/c1-12-11-18(14-3-5-15(6-4-14)20-13(2)23)22(21-12)16-7-9-17(10-8-16)26(19,24)25/h3-11H,1-2H3,(H,20,23)(H2,19,24,25). The second-order valence-electron chi connectivity index (χ2n) is 5.88. The van der Waals surface area contributed by atoms with Gasteiger partial charge >= 0.3 is 0 Å². The lowest BCUT2D eigenvalue weighted by Crippen LogP contribution is -2.12. The first-order valence-corrected chi connectivity index (χ1v) is 9.36. The lowest BCUT2D eigenvalue weighted by atomic mass is 10.1. The molecule has 1 amide bonds. The summed E-state index contributed by atoms with van der Waals surface area (Å²) >= 11 is 0. The van der Waals surface area contributed by atoms with Crippen molar-refractivity contribution in [1.29, 1.82) is 0 Å². The molecule has 8 heteroatoms. The molecule has 7 nitrogen and oxygen atoms in total. The summed E-state index contributed by atoms with van der Waals surface area (Å²) in [6.45, 7) is 3.34. The number of carbonyl (C=O) groups excluding carboxylic acids is 1. The molecule has 0 aliphatic heterocycles. The quantitative estimate of drug-likeness (QED) is 0.735. The van der Waals surface area contributed by atoms with Crippen molar-refractivity contribution in [1.82, 2.24) is 9.78 Å². The van der Waals surface area contributed by atoms with Gasteiger partial charge in [0.15, 0.2) is 0 Å². The Labute approximate surface area is 151 Å². The number of aryl methyl sites for hydroxylation is 1. The molecule has 0 aliphatic carbocycles. The summed E-state index contributed by atoms with van der Waals surface area (Å²) in [5.74, 6) is -0.131. The lowest BCUT2D eigenvalue weighted by Gasteiger charge is -2.09. The van der Waals surface area contributed by atoms with Crippen LogP contribution in [0.1, 0.15) is 12.6 Å². The van der Waals surface area contributed by atoms with Crippen molar-refractivity contribution in [3.63, 3.8) is 0 Å². The van der Waals surface area contributed by atoms with E-state index in [2.05, 4.69) is 10.4 Å². The highest BCUT2D eigenvalue weighted by Gasteiger charge is 2.12. The van der Waals surface area contributed by atoms with Gasteiger partial charge in [-0.1, -0.05) is 12.1 Å². The van der Waals surface area contributed by atoms with Crippen molar-refractivity contribution in [2.24, 2.45) is 5.14 Å². The second kappa shape index (κ2) is 6.74. The van der Waals surface area contributed by atoms with Crippen LogP contribution in [-0.4, -0.2) is 24.1 Å². The van der Waals surface area contributed by atoms with Crippen LogP contribution in [0.5, 0.6) is 0 Å². The third-order valence-corrected chi connectivity index (χ3v) is 4.67. The van der Waals surface area contributed by atoms with Crippen molar-refractivity contribution in [2.75, 3.05) is 5.32 Å². The number of nitrogens with two attached hydrogens (primary N) is 1. The Morgan fingerprint density at radius 2 is 1.69 bits per heavy atom. The first-order chi connectivity index (χ1) is 12.2. The second-order valence-corrected chi connectivity index (χ2v) is 7.44. The molecule has 0 fully saturated rings. The lowest BCUT2D eigenvalue weighted by molar-refractivity contribution is -0.114. The van der Waals surface area contributed by atoms with E-state index < -0.39 is 10.0 Å². The average Bonchev–Trinajstić information content (AvgIpc) is 2.96. The number of primary sulfonamides is 1. The van der Waals surface area contributed by atoms with Gasteiger partial charge in [0.1, 0.15) is 0 Å². The van der Waals surface area contributed by atoms with Crippen LogP contribution < -0.4 is 10.5 Å². The molecule has 26 heavy (non-hydrogen) atoms. The average molecular weight is 370 g/mol. The predicted octanol–water partition coefficient (Wildman–Crippen LogP) is 2.45. The van der Waals surface area contributed by atoms with E-state index in [9.17, 15) is 13.2 Å². The van der Waals surface area contributed by atoms with E-state index in [1.54, 1.807) is 16.8 Å². The van der Waals surface area contributed by atoms with Crippen LogP contribution >= 0.6 is 0 Å². The number of hydrogen-bond acceptors (Lipinski definition) is 4. The molecule has 3 aromatic rings. The molecule has 2 aromatic carbocycles. The van der Waals surface area contributed by atoms with E-state index in [1.165, 1.54) is 19.1 Å². The maximum absolute atomic E-state index is 11.4. The Balaban J connectivity index is 1.99. The maximum atomic E-state index is 11.4. The number of anilines is 1. The van der Waals surface area contributed by atoms with Gasteiger partial charge in [0.2, 0.25) is 15.9 Å². The molecule has 1 heterocycles. The van der Waals surface area contributed by atoms with E-state index >= 15 is 0 Å². The topological polar surface area (TPSA) is 107 Å². The summed E-state index contributed by atoms with van der Waals surface area (Å²) in [4.78, 5) is 11.2. The minimum absolute atomic E-state index is 0.0475. The minimum atomic E-state index is -3.74. The summed E-state index contributed by atoms with van der Waals surface area (Å²) < 4.78 is 24.5. The number of aromatic nitrogens is 2. The molecule has 0 spiro atoms. The van der Waals surface area contributed by atoms with Crippen LogP contribution in [0.25, 0.3) is 16.9 Å². The van der Waals surface area contributed by atoms with Crippen LogP contribution in [0.15, 0.2) is 59.5 Å². The number of benzene rings is 2. The molecule has 0 atom stereocenters. The van der Waals surface area contributed by atoms with Crippen LogP contribution in [0.3, 0.4) is 0 Å². The molecule has 134 valence electrons. The SMILES string of the molecule is CC(=O)Nc1ccc(-c2cc(C)nn2-c2ccc(S(N)(=O)=O)cc2)cc1. The normalized spacial score (nSPS) is 11.3. The Morgan fingerprint density at radius 3 is 2.23 bits per heavy atom. The zero-order valence-corrected chi connectivity index (χ0v) is 15.1. The molecule has 0 bridgehead atoms. The molecule has 1 aromatic heterocycles. The van der Waals surface area contributed by atoms with Crippen molar-refractivity contribution >= 4 is 21.6 Å². The summed E-state index contributed by atoms with van der Waals surface area (Å²) in [6, 6.07) is 15.5. The molecule has 3 N–H and O–H groups in total. The monoisotopic (exact) mass is 370 g/mol.